The van der Waals surface area contributed by atoms with Gasteiger partial charge in [0.2, 0.25) is 0 Å². The Hall–Kier alpha value is -0.241. The molecule has 0 nitrogen and oxygen atoms in total. The molecule has 0 amide bonds. The van der Waals surface area contributed by atoms with Gasteiger partial charge in [-0.25, -0.2) is 0 Å². The summed E-state index contributed by atoms with van der Waals surface area (Å²) in [5.74, 6) is 0. The molecule has 1 rings (SSSR count). The minimum absolute atomic E-state index is 0. The van der Waals surface area contributed by atoms with E-state index in [0.717, 1.165) is 6.42 Å². The van der Waals surface area contributed by atoms with Crippen molar-refractivity contribution in [2.45, 2.75) is 86.5 Å². The van der Waals surface area contributed by atoms with Crippen molar-refractivity contribution < 1.29 is 0 Å². The number of hydrogen-bond acceptors (Lipinski definition) is 0. The Bertz CT molecular complexity index is 238. The molecule has 0 atom stereocenters. The van der Waals surface area contributed by atoms with Crippen LogP contribution in [0.5, 0.6) is 0 Å². The zero-order chi connectivity index (χ0) is 16.8. The maximum Gasteiger partial charge on any atom is 0 e. The molecule has 4 radical (unpaired) electrons. The maximum absolute atomic E-state index is 3.66. The summed E-state index contributed by atoms with van der Waals surface area (Å²) in [5, 5.41) is 0. The Balaban J connectivity index is -0.000000107. The number of hydrogen-bond donors (Lipinski definition) is 0. The molecule has 0 aliphatic heterocycles. The molecule has 0 N–H and O–H groups in total. The molecule has 1 aromatic carbocycles. The predicted molar refractivity (Wildman–Crippen MR) is 108 cm³/mol. The summed E-state index contributed by atoms with van der Waals surface area (Å²) in [6, 6.07) is 10.3. The van der Waals surface area contributed by atoms with E-state index in [1.54, 1.807) is 0 Å². The van der Waals surface area contributed by atoms with E-state index >= 15 is 0 Å². The van der Waals surface area contributed by atoms with E-state index in [2.05, 4.69) is 60.3 Å². The molecule has 0 bridgehead atoms. The Labute approximate surface area is 158 Å². The number of unbranched alkanes of at least 4 members (excludes halogenated alkanes) is 3. The van der Waals surface area contributed by atoms with Crippen molar-refractivity contribution in [1.29, 1.82) is 0 Å². The van der Waals surface area contributed by atoms with E-state index in [1.165, 1.54) is 44.1 Å². The Kier molecular flexibility index (Phi) is 44.1. The monoisotopic (exact) mass is 412 g/mol. The molecular weight excluding hydrogens is 371 g/mol. The first-order valence-electron chi connectivity index (χ1n) is 8.82. The molecule has 22 heavy (non-hydrogen) atoms. The van der Waals surface area contributed by atoms with E-state index in [0.29, 0.717) is 0 Å². The van der Waals surface area contributed by atoms with Gasteiger partial charge >= 0.3 is 0 Å². The van der Waals surface area contributed by atoms with Crippen LogP contribution in [0.15, 0.2) is 43.0 Å². The van der Waals surface area contributed by atoms with Crippen LogP contribution in [0.3, 0.4) is 0 Å². The zero-order valence-electron chi connectivity index (χ0n) is 16.1. The quantitative estimate of drug-likeness (QED) is 0.349. The smallest absolute Gasteiger partial charge is 0 e. The molecule has 0 aromatic heterocycles. The summed E-state index contributed by atoms with van der Waals surface area (Å²) in [4.78, 5) is 0. The Morgan fingerprint density at radius 3 is 1.23 bits per heavy atom. The van der Waals surface area contributed by atoms with E-state index < -0.39 is 0 Å². The van der Waals surface area contributed by atoms with Crippen molar-refractivity contribution in [2.24, 2.45) is 0 Å². The van der Waals surface area contributed by atoms with Crippen molar-refractivity contribution in [3.8, 4) is 0 Å². The standard InChI is InChI=1S/C9H10.3C4H10.Sn/c1-2-6-9-7-4-3-5-8-9;3*1-3-4-2;/h2-5,7-8H,1,6H2;3*3-4H2,1-2H3;. The minimum Gasteiger partial charge on any atom is -0.103 e. The molecule has 0 aliphatic carbocycles. The topological polar surface area (TPSA) is 0 Å². The normalized spacial score (nSPS) is 7.73. The molecular formula is C21H40Sn. The first kappa shape index (κ1) is 29.7. The first-order valence-corrected chi connectivity index (χ1v) is 8.82. The van der Waals surface area contributed by atoms with Gasteiger partial charge in [-0.05, 0) is 12.0 Å². The summed E-state index contributed by atoms with van der Waals surface area (Å²) >= 11 is 0. The number of allylic oxidation sites excluding steroid dienone is 1. The number of rotatable bonds is 5. The maximum atomic E-state index is 3.66. The zero-order valence-corrected chi connectivity index (χ0v) is 19.0. The SMILES string of the molecule is C=CCc1ccccc1.CCCC.CCCC.CCCC.[Sn]. The van der Waals surface area contributed by atoms with Crippen LogP contribution >= 0.6 is 0 Å². The van der Waals surface area contributed by atoms with Crippen molar-refractivity contribution >= 4 is 23.9 Å². The van der Waals surface area contributed by atoms with Crippen molar-refractivity contribution in [1.82, 2.24) is 0 Å². The molecule has 0 saturated heterocycles. The van der Waals surface area contributed by atoms with Gasteiger partial charge in [-0.3, -0.25) is 0 Å². The van der Waals surface area contributed by atoms with Crippen LogP contribution in [0.25, 0.3) is 0 Å². The molecule has 128 valence electrons. The van der Waals surface area contributed by atoms with Crippen LogP contribution in [0.4, 0.5) is 0 Å². The molecule has 0 aliphatic rings. The van der Waals surface area contributed by atoms with Gasteiger partial charge in [0.15, 0.2) is 0 Å². The average molecular weight is 411 g/mol. The van der Waals surface area contributed by atoms with E-state index in [1.807, 2.05) is 24.3 Å². The van der Waals surface area contributed by atoms with Gasteiger partial charge in [0.25, 0.3) is 0 Å². The van der Waals surface area contributed by atoms with Crippen LogP contribution < -0.4 is 0 Å². The third kappa shape index (κ3) is 36.7. The fourth-order valence-electron chi connectivity index (χ4n) is 0.781. The van der Waals surface area contributed by atoms with E-state index in [9.17, 15) is 0 Å². The Morgan fingerprint density at radius 1 is 0.682 bits per heavy atom. The minimum atomic E-state index is 0. The van der Waals surface area contributed by atoms with Gasteiger partial charge in [0.1, 0.15) is 0 Å². The average Bonchev–Trinajstić information content (AvgIpc) is 2.57. The van der Waals surface area contributed by atoms with Gasteiger partial charge in [-0.2, -0.15) is 0 Å². The van der Waals surface area contributed by atoms with Gasteiger partial charge in [0.05, 0.1) is 0 Å². The fraction of sp³-hybridized carbons (Fsp3) is 0.619. The summed E-state index contributed by atoms with van der Waals surface area (Å²) in [5.41, 5.74) is 1.33. The van der Waals surface area contributed by atoms with E-state index in [4.69, 9.17) is 0 Å². The molecule has 1 aromatic rings. The third-order valence-electron chi connectivity index (χ3n) is 2.72. The summed E-state index contributed by atoms with van der Waals surface area (Å²) < 4.78 is 0. The van der Waals surface area contributed by atoms with Crippen LogP contribution in [-0.4, -0.2) is 23.9 Å². The van der Waals surface area contributed by atoms with Gasteiger partial charge in [-0.1, -0.05) is 116 Å². The third-order valence-corrected chi connectivity index (χ3v) is 2.72. The molecule has 0 unspecified atom stereocenters. The fourth-order valence-corrected chi connectivity index (χ4v) is 0.781. The molecule has 0 saturated carbocycles. The van der Waals surface area contributed by atoms with Crippen LogP contribution in [0, 0.1) is 0 Å². The van der Waals surface area contributed by atoms with Crippen LogP contribution in [0.1, 0.15) is 85.6 Å². The summed E-state index contributed by atoms with van der Waals surface area (Å²) in [6.07, 6.45) is 10.8. The second-order valence-electron chi connectivity index (χ2n) is 4.98. The van der Waals surface area contributed by atoms with Crippen molar-refractivity contribution in [3.63, 3.8) is 0 Å². The summed E-state index contributed by atoms with van der Waals surface area (Å²) in [7, 11) is 0. The molecule has 0 spiro atoms. The van der Waals surface area contributed by atoms with Crippen molar-refractivity contribution in [3.05, 3.63) is 48.6 Å². The largest absolute Gasteiger partial charge is 0.103 e. The van der Waals surface area contributed by atoms with Gasteiger partial charge in [-0.15, -0.1) is 6.58 Å². The van der Waals surface area contributed by atoms with Crippen LogP contribution in [0.2, 0.25) is 0 Å². The molecule has 0 fully saturated rings. The first-order chi connectivity index (χ1) is 10.2. The summed E-state index contributed by atoms with van der Waals surface area (Å²) in [6.45, 7) is 16.7. The van der Waals surface area contributed by atoms with E-state index in [-0.39, 0.29) is 23.9 Å². The molecule has 0 heterocycles. The predicted octanol–water partition coefficient (Wildman–Crippen LogP) is 7.45. The van der Waals surface area contributed by atoms with Crippen LogP contribution in [-0.2, 0) is 6.42 Å². The molecule has 1 heteroatoms. The van der Waals surface area contributed by atoms with Gasteiger partial charge in [0, 0.05) is 23.9 Å². The Morgan fingerprint density at radius 2 is 1.00 bits per heavy atom. The second kappa shape index (κ2) is 32.6. The number of benzene rings is 1. The second-order valence-corrected chi connectivity index (χ2v) is 4.98. The van der Waals surface area contributed by atoms with Gasteiger partial charge < -0.3 is 0 Å². The van der Waals surface area contributed by atoms with Crippen molar-refractivity contribution in [2.75, 3.05) is 0 Å².